The van der Waals surface area contributed by atoms with Crippen molar-refractivity contribution in [3.8, 4) is 0 Å². The van der Waals surface area contributed by atoms with Crippen molar-refractivity contribution in [2.75, 3.05) is 6.54 Å². The fraction of sp³-hybridized carbons (Fsp3) is 0.400. The Bertz CT molecular complexity index is 427. The van der Waals surface area contributed by atoms with Crippen molar-refractivity contribution in [3.05, 3.63) is 20.8 Å². The van der Waals surface area contributed by atoms with Gasteiger partial charge in [-0.25, -0.2) is 0 Å². The summed E-state index contributed by atoms with van der Waals surface area (Å²) in [5.41, 5.74) is 0. The van der Waals surface area contributed by atoms with Crippen LogP contribution in [0.5, 0.6) is 0 Å². The molecule has 86 valence electrons. The first-order valence-corrected chi connectivity index (χ1v) is 6.52. The largest absolute Gasteiger partial charge is 0.480 e. The highest BCUT2D eigenvalue weighted by Crippen LogP contribution is 2.31. The van der Waals surface area contributed by atoms with Gasteiger partial charge in [-0.2, -0.15) is 0 Å². The zero-order chi connectivity index (χ0) is 11.7. The summed E-state index contributed by atoms with van der Waals surface area (Å²) >= 11 is 4.61. The number of rotatable bonds is 4. The summed E-state index contributed by atoms with van der Waals surface area (Å²) in [6.45, 7) is -0.214. The van der Waals surface area contributed by atoms with Gasteiger partial charge in [0.25, 0.3) is 5.91 Å². The minimum absolute atomic E-state index is 0.109. The molecule has 4 nitrogen and oxygen atoms in total. The first-order valence-electron chi connectivity index (χ1n) is 4.85. The van der Waals surface area contributed by atoms with E-state index in [4.69, 9.17) is 5.11 Å². The summed E-state index contributed by atoms with van der Waals surface area (Å²) in [5, 5.41) is 10.6. The standard InChI is InChI=1S/C10H10BrNO3S/c11-7-3-4-16-9(7)10(15)12(5-8(13)14)6-1-2-6/h3-4,6H,1-2,5H2,(H,13,14). The molecule has 1 aliphatic carbocycles. The van der Waals surface area contributed by atoms with Crippen molar-refractivity contribution >= 4 is 39.1 Å². The second-order valence-corrected chi connectivity index (χ2v) is 5.43. The smallest absolute Gasteiger partial charge is 0.323 e. The molecule has 0 unspecified atom stereocenters. The van der Waals surface area contributed by atoms with E-state index in [1.807, 2.05) is 5.38 Å². The number of carbonyl (C=O) groups excluding carboxylic acids is 1. The van der Waals surface area contributed by atoms with Crippen LogP contribution in [0, 0.1) is 0 Å². The van der Waals surface area contributed by atoms with Gasteiger partial charge in [-0.1, -0.05) is 0 Å². The minimum Gasteiger partial charge on any atom is -0.480 e. The van der Waals surface area contributed by atoms with Crippen LogP contribution < -0.4 is 0 Å². The van der Waals surface area contributed by atoms with Crippen molar-refractivity contribution in [1.29, 1.82) is 0 Å². The zero-order valence-electron chi connectivity index (χ0n) is 8.35. The van der Waals surface area contributed by atoms with E-state index in [2.05, 4.69) is 15.9 Å². The highest BCUT2D eigenvalue weighted by Gasteiger charge is 2.35. The predicted molar refractivity (Wildman–Crippen MR) is 63.7 cm³/mol. The van der Waals surface area contributed by atoms with Crippen LogP contribution in [-0.4, -0.2) is 34.5 Å². The van der Waals surface area contributed by atoms with E-state index in [0.29, 0.717) is 4.88 Å². The molecule has 1 heterocycles. The van der Waals surface area contributed by atoms with Crippen LogP contribution in [0.25, 0.3) is 0 Å². The van der Waals surface area contributed by atoms with Crippen LogP contribution in [0.1, 0.15) is 22.5 Å². The summed E-state index contributed by atoms with van der Waals surface area (Å²) in [7, 11) is 0. The molecule has 1 saturated carbocycles. The van der Waals surface area contributed by atoms with Crippen LogP contribution in [0.2, 0.25) is 0 Å². The number of halogens is 1. The average Bonchev–Trinajstić information content (AvgIpc) is 2.97. The minimum atomic E-state index is -0.965. The van der Waals surface area contributed by atoms with Crippen LogP contribution in [-0.2, 0) is 4.79 Å². The van der Waals surface area contributed by atoms with Gasteiger partial charge in [0, 0.05) is 10.5 Å². The number of carboxylic acid groups (broad SMARTS) is 1. The maximum Gasteiger partial charge on any atom is 0.323 e. The van der Waals surface area contributed by atoms with Gasteiger partial charge in [-0.3, -0.25) is 9.59 Å². The molecule has 0 spiro atoms. The Balaban J connectivity index is 2.17. The summed E-state index contributed by atoms with van der Waals surface area (Å²) in [4.78, 5) is 24.8. The summed E-state index contributed by atoms with van der Waals surface area (Å²) in [5.74, 6) is -1.15. The molecular formula is C10H10BrNO3S. The van der Waals surface area contributed by atoms with Crippen molar-refractivity contribution in [2.45, 2.75) is 18.9 Å². The third-order valence-electron chi connectivity index (χ3n) is 2.37. The van der Waals surface area contributed by atoms with Crippen molar-refractivity contribution in [1.82, 2.24) is 4.90 Å². The maximum atomic E-state index is 12.1. The number of hydrogen-bond acceptors (Lipinski definition) is 3. The van der Waals surface area contributed by atoms with Gasteiger partial charge in [0.15, 0.2) is 0 Å². The molecule has 0 atom stereocenters. The van der Waals surface area contributed by atoms with Gasteiger partial charge >= 0.3 is 5.97 Å². The third-order valence-corrected chi connectivity index (χ3v) is 4.19. The number of aliphatic carboxylic acids is 1. The molecule has 1 amide bonds. The molecule has 16 heavy (non-hydrogen) atoms. The predicted octanol–water partition coefficient (Wildman–Crippen LogP) is 2.20. The summed E-state index contributed by atoms with van der Waals surface area (Å²) < 4.78 is 0.735. The number of thiophene rings is 1. The van der Waals surface area contributed by atoms with E-state index in [1.165, 1.54) is 16.2 Å². The number of amides is 1. The van der Waals surface area contributed by atoms with Crippen LogP contribution in [0.4, 0.5) is 0 Å². The molecule has 2 rings (SSSR count). The maximum absolute atomic E-state index is 12.1. The van der Waals surface area contributed by atoms with Gasteiger partial charge in [0.1, 0.15) is 11.4 Å². The lowest BCUT2D eigenvalue weighted by Crippen LogP contribution is -2.37. The highest BCUT2D eigenvalue weighted by molar-refractivity contribution is 9.10. The quantitative estimate of drug-likeness (QED) is 0.928. The van der Waals surface area contributed by atoms with Crippen molar-refractivity contribution in [3.63, 3.8) is 0 Å². The lowest BCUT2D eigenvalue weighted by molar-refractivity contribution is -0.137. The van der Waals surface area contributed by atoms with Gasteiger partial charge in [-0.15, -0.1) is 11.3 Å². The number of hydrogen-bond donors (Lipinski definition) is 1. The van der Waals surface area contributed by atoms with Gasteiger partial charge in [0.2, 0.25) is 0 Å². The Kier molecular flexibility index (Phi) is 3.30. The Morgan fingerprint density at radius 1 is 1.56 bits per heavy atom. The van der Waals surface area contributed by atoms with E-state index < -0.39 is 5.97 Å². The summed E-state index contributed by atoms with van der Waals surface area (Å²) in [6.07, 6.45) is 1.81. The van der Waals surface area contributed by atoms with Crippen LogP contribution >= 0.6 is 27.3 Å². The molecule has 1 N–H and O–H groups in total. The SMILES string of the molecule is O=C(O)CN(C(=O)c1sccc1Br)C1CC1. The second-order valence-electron chi connectivity index (χ2n) is 3.66. The first kappa shape index (κ1) is 11.6. The van der Waals surface area contributed by atoms with Gasteiger partial charge in [-0.05, 0) is 40.2 Å². The van der Waals surface area contributed by atoms with Crippen LogP contribution in [0.3, 0.4) is 0 Å². The molecule has 0 aliphatic heterocycles. The molecule has 1 fully saturated rings. The number of nitrogens with zero attached hydrogens (tertiary/aromatic N) is 1. The molecule has 1 aliphatic rings. The third kappa shape index (κ3) is 2.44. The molecule has 1 aromatic heterocycles. The zero-order valence-corrected chi connectivity index (χ0v) is 10.8. The fourth-order valence-electron chi connectivity index (χ4n) is 1.48. The lowest BCUT2D eigenvalue weighted by Gasteiger charge is -2.19. The summed E-state index contributed by atoms with van der Waals surface area (Å²) in [6, 6.07) is 1.90. The van der Waals surface area contributed by atoms with E-state index >= 15 is 0 Å². The fourth-order valence-corrected chi connectivity index (χ4v) is 2.97. The molecule has 6 heteroatoms. The Hall–Kier alpha value is -0.880. The van der Waals surface area contributed by atoms with Crippen molar-refractivity contribution in [2.24, 2.45) is 0 Å². The van der Waals surface area contributed by atoms with Gasteiger partial charge in [0.05, 0.1) is 0 Å². The Morgan fingerprint density at radius 2 is 2.25 bits per heavy atom. The van der Waals surface area contributed by atoms with Crippen LogP contribution in [0.15, 0.2) is 15.9 Å². The normalized spacial score (nSPS) is 14.8. The first-order chi connectivity index (χ1) is 7.59. The van der Waals surface area contributed by atoms with E-state index in [1.54, 1.807) is 6.07 Å². The monoisotopic (exact) mass is 303 g/mol. The lowest BCUT2D eigenvalue weighted by atomic mass is 10.3. The number of carbonyl (C=O) groups is 2. The molecule has 0 bridgehead atoms. The van der Waals surface area contributed by atoms with Gasteiger partial charge < -0.3 is 10.0 Å². The molecule has 0 saturated heterocycles. The number of carboxylic acids is 1. The molecule has 0 aromatic carbocycles. The Labute approximate surface area is 105 Å². The average molecular weight is 304 g/mol. The molecule has 1 aromatic rings. The van der Waals surface area contributed by atoms with E-state index in [0.717, 1.165) is 17.3 Å². The molecular weight excluding hydrogens is 294 g/mol. The second kappa shape index (κ2) is 4.55. The topological polar surface area (TPSA) is 57.6 Å². The van der Waals surface area contributed by atoms with Crippen molar-refractivity contribution < 1.29 is 14.7 Å². The molecule has 0 radical (unpaired) electrons. The van der Waals surface area contributed by atoms with E-state index in [-0.39, 0.29) is 18.5 Å². The van der Waals surface area contributed by atoms with E-state index in [9.17, 15) is 9.59 Å². The highest BCUT2D eigenvalue weighted by atomic mass is 79.9. The Morgan fingerprint density at radius 3 is 2.69 bits per heavy atom.